The van der Waals surface area contributed by atoms with Crippen molar-refractivity contribution in [2.24, 2.45) is 0 Å². The van der Waals surface area contributed by atoms with Crippen LogP contribution in [-0.2, 0) is 4.79 Å². The van der Waals surface area contributed by atoms with Crippen molar-refractivity contribution in [2.45, 2.75) is 19.3 Å². The number of hydrogen-bond donors (Lipinski definition) is 0. The molecule has 1 aromatic carbocycles. The van der Waals surface area contributed by atoms with Crippen LogP contribution in [-0.4, -0.2) is 23.9 Å². The molecule has 0 N–H and O–H groups in total. The minimum atomic E-state index is -0.138. The molecule has 0 radical (unpaired) electrons. The average Bonchev–Trinajstić information content (AvgIpc) is 2.46. The van der Waals surface area contributed by atoms with Crippen molar-refractivity contribution in [3.05, 3.63) is 41.5 Å². The van der Waals surface area contributed by atoms with E-state index < -0.39 is 0 Å². The Morgan fingerprint density at radius 1 is 1.17 bits per heavy atom. The lowest BCUT2D eigenvalue weighted by molar-refractivity contribution is -0.127. The van der Waals surface area contributed by atoms with E-state index in [2.05, 4.69) is 0 Å². The molecule has 92 valence electrons. The maximum atomic E-state index is 12.2. The van der Waals surface area contributed by atoms with Crippen LogP contribution in [0.4, 0.5) is 0 Å². The fourth-order valence-corrected chi connectivity index (χ4v) is 2.13. The summed E-state index contributed by atoms with van der Waals surface area (Å²) in [4.78, 5) is 13.9. The lowest BCUT2D eigenvalue weighted by Gasteiger charge is -2.26. The van der Waals surface area contributed by atoms with Gasteiger partial charge in [0.15, 0.2) is 0 Å². The van der Waals surface area contributed by atoms with Gasteiger partial charge in [0, 0.05) is 13.1 Å². The number of benzene rings is 1. The monoisotopic (exact) mass is 240 g/mol. The summed E-state index contributed by atoms with van der Waals surface area (Å²) < 4.78 is 0. The Hall–Kier alpha value is -2.08. The van der Waals surface area contributed by atoms with E-state index in [9.17, 15) is 4.79 Å². The molecule has 1 aliphatic heterocycles. The molecule has 3 nitrogen and oxygen atoms in total. The van der Waals surface area contributed by atoms with Gasteiger partial charge >= 0.3 is 0 Å². The first-order valence-electron chi connectivity index (χ1n) is 6.27. The Morgan fingerprint density at radius 2 is 1.83 bits per heavy atom. The highest BCUT2D eigenvalue weighted by atomic mass is 16.2. The number of amides is 1. The summed E-state index contributed by atoms with van der Waals surface area (Å²) in [7, 11) is 0. The number of carbonyl (C=O) groups excluding carboxylic acids is 1. The van der Waals surface area contributed by atoms with Crippen molar-refractivity contribution in [3.63, 3.8) is 0 Å². The van der Waals surface area contributed by atoms with E-state index in [1.165, 1.54) is 6.42 Å². The van der Waals surface area contributed by atoms with Crippen molar-refractivity contribution in [3.8, 4) is 6.07 Å². The van der Waals surface area contributed by atoms with Crippen molar-refractivity contribution < 1.29 is 4.79 Å². The smallest absolute Gasteiger partial charge is 0.264 e. The first kappa shape index (κ1) is 12.4. The van der Waals surface area contributed by atoms with Crippen molar-refractivity contribution in [1.29, 1.82) is 5.26 Å². The minimum Gasteiger partial charge on any atom is -0.338 e. The van der Waals surface area contributed by atoms with Crippen molar-refractivity contribution >= 4 is 12.0 Å². The molecule has 1 fully saturated rings. The third kappa shape index (κ3) is 2.98. The predicted octanol–water partition coefficient (Wildman–Crippen LogP) is 2.61. The van der Waals surface area contributed by atoms with Gasteiger partial charge in [0.2, 0.25) is 0 Å². The fourth-order valence-electron chi connectivity index (χ4n) is 2.13. The first-order chi connectivity index (χ1) is 8.81. The molecule has 2 rings (SSSR count). The van der Waals surface area contributed by atoms with Crippen LogP contribution >= 0.6 is 0 Å². The molecular weight excluding hydrogens is 224 g/mol. The van der Waals surface area contributed by atoms with E-state index in [1.807, 2.05) is 36.4 Å². The van der Waals surface area contributed by atoms with Crippen LogP contribution < -0.4 is 0 Å². The first-order valence-corrected chi connectivity index (χ1v) is 6.27. The molecule has 3 heteroatoms. The molecule has 1 aliphatic rings. The molecule has 0 aromatic heterocycles. The summed E-state index contributed by atoms with van der Waals surface area (Å²) in [6.45, 7) is 1.54. The summed E-state index contributed by atoms with van der Waals surface area (Å²) in [6, 6.07) is 11.5. The number of nitrogens with zero attached hydrogens (tertiary/aromatic N) is 2. The normalized spacial score (nSPS) is 16.2. The topological polar surface area (TPSA) is 44.1 Å². The largest absolute Gasteiger partial charge is 0.338 e. The average molecular weight is 240 g/mol. The highest BCUT2D eigenvalue weighted by Crippen LogP contribution is 2.14. The van der Waals surface area contributed by atoms with Gasteiger partial charge < -0.3 is 4.90 Å². The van der Waals surface area contributed by atoms with E-state index in [1.54, 1.807) is 11.0 Å². The SMILES string of the molecule is N#C/C(=C/c1ccccc1)C(=O)N1CCCCC1. The zero-order valence-electron chi connectivity index (χ0n) is 10.3. The van der Waals surface area contributed by atoms with Crippen LogP contribution in [0.5, 0.6) is 0 Å². The van der Waals surface area contributed by atoms with Crippen molar-refractivity contribution in [1.82, 2.24) is 4.90 Å². The Kier molecular flexibility index (Phi) is 4.14. The third-order valence-corrected chi connectivity index (χ3v) is 3.10. The lowest BCUT2D eigenvalue weighted by atomic mass is 10.1. The van der Waals surface area contributed by atoms with Gasteiger partial charge in [0.1, 0.15) is 11.6 Å². The molecule has 0 aliphatic carbocycles. The molecule has 1 saturated heterocycles. The van der Waals surface area contributed by atoms with Crippen molar-refractivity contribution in [2.75, 3.05) is 13.1 Å². The molecule has 0 saturated carbocycles. The van der Waals surface area contributed by atoms with Gasteiger partial charge in [-0.1, -0.05) is 30.3 Å². The van der Waals surface area contributed by atoms with E-state index in [0.29, 0.717) is 0 Å². The highest BCUT2D eigenvalue weighted by molar-refractivity contribution is 6.01. The van der Waals surface area contributed by atoms with Gasteiger partial charge in [-0.15, -0.1) is 0 Å². The van der Waals surface area contributed by atoms with Gasteiger partial charge in [0.05, 0.1) is 0 Å². The second-order valence-corrected chi connectivity index (χ2v) is 4.43. The zero-order chi connectivity index (χ0) is 12.8. The zero-order valence-corrected chi connectivity index (χ0v) is 10.3. The Morgan fingerprint density at radius 3 is 2.44 bits per heavy atom. The number of likely N-dealkylation sites (tertiary alicyclic amines) is 1. The van der Waals surface area contributed by atoms with Crippen LogP contribution in [0.25, 0.3) is 6.08 Å². The third-order valence-electron chi connectivity index (χ3n) is 3.10. The Bertz CT molecular complexity index is 479. The fraction of sp³-hybridized carbons (Fsp3) is 0.333. The van der Waals surface area contributed by atoms with Crippen LogP contribution in [0.15, 0.2) is 35.9 Å². The maximum Gasteiger partial charge on any atom is 0.264 e. The Balaban J connectivity index is 2.16. The summed E-state index contributed by atoms with van der Waals surface area (Å²) in [6.07, 6.45) is 4.91. The number of nitriles is 1. The number of piperidine rings is 1. The van der Waals surface area contributed by atoms with E-state index in [4.69, 9.17) is 5.26 Å². The number of carbonyl (C=O) groups is 1. The minimum absolute atomic E-state index is 0.138. The molecule has 0 unspecified atom stereocenters. The van der Waals surface area contributed by atoms with Crippen LogP contribution in [0.3, 0.4) is 0 Å². The quantitative estimate of drug-likeness (QED) is 0.589. The highest BCUT2D eigenvalue weighted by Gasteiger charge is 2.19. The van der Waals surface area contributed by atoms with Gasteiger partial charge in [-0.25, -0.2) is 0 Å². The molecule has 18 heavy (non-hydrogen) atoms. The second kappa shape index (κ2) is 6.02. The summed E-state index contributed by atoms with van der Waals surface area (Å²) in [5.41, 5.74) is 1.11. The summed E-state index contributed by atoms with van der Waals surface area (Å²) in [5, 5.41) is 9.12. The number of rotatable bonds is 2. The molecule has 1 aromatic rings. The van der Waals surface area contributed by atoms with Crippen LogP contribution in [0.1, 0.15) is 24.8 Å². The predicted molar refractivity (Wildman–Crippen MR) is 70.5 cm³/mol. The van der Waals surface area contributed by atoms with Crippen LogP contribution in [0, 0.1) is 11.3 Å². The molecule has 0 atom stereocenters. The lowest BCUT2D eigenvalue weighted by Crippen LogP contribution is -2.36. The summed E-state index contributed by atoms with van der Waals surface area (Å²) in [5.74, 6) is -0.138. The van der Waals surface area contributed by atoms with Gasteiger partial charge in [-0.05, 0) is 30.9 Å². The van der Waals surface area contributed by atoms with Crippen LogP contribution in [0.2, 0.25) is 0 Å². The van der Waals surface area contributed by atoms with Gasteiger partial charge in [0.25, 0.3) is 5.91 Å². The summed E-state index contributed by atoms with van der Waals surface area (Å²) >= 11 is 0. The molecule has 1 heterocycles. The van der Waals surface area contributed by atoms with Gasteiger partial charge in [-0.3, -0.25) is 4.79 Å². The van der Waals surface area contributed by atoms with Gasteiger partial charge in [-0.2, -0.15) is 5.26 Å². The number of hydrogen-bond acceptors (Lipinski definition) is 2. The van der Waals surface area contributed by atoms with E-state index >= 15 is 0 Å². The molecular formula is C15H16N2O. The molecule has 0 spiro atoms. The molecule has 0 bridgehead atoms. The van der Waals surface area contributed by atoms with E-state index in [0.717, 1.165) is 31.5 Å². The molecule has 1 amide bonds. The standard InChI is InChI=1S/C15H16N2O/c16-12-14(11-13-7-3-1-4-8-13)15(18)17-9-5-2-6-10-17/h1,3-4,7-8,11H,2,5-6,9-10H2/b14-11-. The maximum absolute atomic E-state index is 12.2. The Labute approximate surface area is 107 Å². The second-order valence-electron chi connectivity index (χ2n) is 4.43. The van der Waals surface area contributed by atoms with E-state index in [-0.39, 0.29) is 11.5 Å².